The molecule has 4 heteroatoms. The first-order valence-corrected chi connectivity index (χ1v) is 8.22. The fourth-order valence-corrected chi connectivity index (χ4v) is 4.25. The van der Waals surface area contributed by atoms with E-state index in [1.54, 1.807) is 6.07 Å². The minimum absolute atomic E-state index is 0.335. The molecule has 3 nitrogen and oxygen atoms in total. The van der Waals surface area contributed by atoms with Crippen LogP contribution in [0.25, 0.3) is 0 Å². The van der Waals surface area contributed by atoms with Crippen LogP contribution in [0.1, 0.15) is 42.5 Å². The summed E-state index contributed by atoms with van der Waals surface area (Å²) in [5, 5.41) is 9.08. The second-order valence-electron chi connectivity index (χ2n) is 6.01. The van der Waals surface area contributed by atoms with Gasteiger partial charge in [0.25, 0.3) is 0 Å². The van der Waals surface area contributed by atoms with E-state index in [2.05, 4.69) is 20.8 Å². The maximum absolute atomic E-state index is 11.1. The number of halogens is 1. The second kappa shape index (κ2) is 5.76. The van der Waals surface area contributed by atoms with Crippen LogP contribution in [0, 0.1) is 11.8 Å². The van der Waals surface area contributed by atoms with Gasteiger partial charge in [-0.2, -0.15) is 0 Å². The highest BCUT2D eigenvalue weighted by molar-refractivity contribution is 9.10. The molecule has 1 N–H and O–H groups in total. The molecule has 0 bridgehead atoms. The number of nitrogens with zero attached hydrogens (tertiary/aromatic N) is 1. The first-order chi connectivity index (χ1) is 9.65. The maximum Gasteiger partial charge on any atom is 0.336 e. The highest BCUT2D eigenvalue weighted by Crippen LogP contribution is 2.38. The molecule has 0 spiro atoms. The third-order valence-electron chi connectivity index (χ3n) is 4.84. The van der Waals surface area contributed by atoms with E-state index in [-0.39, 0.29) is 0 Å². The molecule has 1 saturated heterocycles. The Balaban J connectivity index is 1.76. The molecular formula is C16H20BrNO2. The standard InChI is InChI=1S/C16H20BrNO2/c17-15-9-13(5-6-14(15)16(19)20)18-8-7-11-3-1-2-4-12(11)10-18/h5-6,9,11-12H,1-4,7-8,10H2,(H,19,20). The Kier molecular flexibility index (Phi) is 4.01. The Morgan fingerprint density at radius 2 is 1.95 bits per heavy atom. The van der Waals surface area contributed by atoms with Gasteiger partial charge in [-0.05, 0) is 58.8 Å². The summed E-state index contributed by atoms with van der Waals surface area (Å²) in [4.78, 5) is 13.5. The van der Waals surface area contributed by atoms with Crippen molar-refractivity contribution in [2.75, 3.05) is 18.0 Å². The monoisotopic (exact) mass is 337 g/mol. The molecule has 0 amide bonds. The third kappa shape index (κ3) is 2.71. The summed E-state index contributed by atoms with van der Waals surface area (Å²) >= 11 is 3.38. The van der Waals surface area contributed by atoms with E-state index in [9.17, 15) is 4.79 Å². The molecule has 3 rings (SSSR count). The molecule has 108 valence electrons. The molecule has 1 aliphatic carbocycles. The molecule has 1 aliphatic heterocycles. The predicted octanol–water partition coefficient (Wildman–Crippen LogP) is 4.16. The summed E-state index contributed by atoms with van der Waals surface area (Å²) < 4.78 is 0.674. The zero-order chi connectivity index (χ0) is 14.1. The van der Waals surface area contributed by atoms with Gasteiger partial charge in [0.2, 0.25) is 0 Å². The van der Waals surface area contributed by atoms with Gasteiger partial charge in [0.05, 0.1) is 5.56 Å². The lowest BCUT2D eigenvalue weighted by Gasteiger charge is -2.42. The normalized spacial score (nSPS) is 26.1. The molecule has 1 aromatic rings. The number of benzene rings is 1. The number of anilines is 1. The molecule has 1 heterocycles. The summed E-state index contributed by atoms with van der Waals surface area (Å²) in [6, 6.07) is 5.60. The first-order valence-electron chi connectivity index (χ1n) is 7.43. The predicted molar refractivity (Wildman–Crippen MR) is 83.4 cm³/mol. The highest BCUT2D eigenvalue weighted by Gasteiger charge is 2.31. The van der Waals surface area contributed by atoms with E-state index in [4.69, 9.17) is 5.11 Å². The summed E-state index contributed by atoms with van der Waals surface area (Å²) in [5.41, 5.74) is 1.48. The van der Waals surface area contributed by atoms with Crippen molar-refractivity contribution in [3.05, 3.63) is 28.2 Å². The van der Waals surface area contributed by atoms with Crippen molar-refractivity contribution >= 4 is 27.6 Å². The molecule has 0 radical (unpaired) electrons. The van der Waals surface area contributed by atoms with E-state index in [1.165, 1.54) is 32.1 Å². The van der Waals surface area contributed by atoms with Crippen molar-refractivity contribution in [3.63, 3.8) is 0 Å². The van der Waals surface area contributed by atoms with Gasteiger partial charge < -0.3 is 10.0 Å². The van der Waals surface area contributed by atoms with Gasteiger partial charge in [-0.1, -0.05) is 19.3 Å². The Hall–Kier alpha value is -1.03. The Morgan fingerprint density at radius 1 is 1.20 bits per heavy atom. The van der Waals surface area contributed by atoms with Crippen LogP contribution < -0.4 is 4.90 Å². The van der Waals surface area contributed by atoms with E-state index in [0.29, 0.717) is 10.0 Å². The topological polar surface area (TPSA) is 40.5 Å². The van der Waals surface area contributed by atoms with Gasteiger partial charge >= 0.3 is 5.97 Å². The molecule has 1 saturated carbocycles. The molecule has 2 atom stereocenters. The van der Waals surface area contributed by atoms with Crippen LogP contribution in [0.5, 0.6) is 0 Å². The van der Waals surface area contributed by atoms with Crippen LogP contribution in [-0.4, -0.2) is 24.2 Å². The van der Waals surface area contributed by atoms with Crippen molar-refractivity contribution in [2.24, 2.45) is 11.8 Å². The van der Waals surface area contributed by atoms with Gasteiger partial charge in [0.15, 0.2) is 0 Å². The molecule has 2 aliphatic rings. The fraction of sp³-hybridized carbons (Fsp3) is 0.562. The van der Waals surface area contributed by atoms with Gasteiger partial charge in [-0.3, -0.25) is 0 Å². The Bertz CT molecular complexity index is 517. The van der Waals surface area contributed by atoms with Gasteiger partial charge in [0, 0.05) is 23.2 Å². The minimum Gasteiger partial charge on any atom is -0.478 e. The third-order valence-corrected chi connectivity index (χ3v) is 5.50. The average molecular weight is 338 g/mol. The number of hydrogen-bond acceptors (Lipinski definition) is 2. The van der Waals surface area contributed by atoms with E-state index >= 15 is 0 Å². The number of fused-ring (bicyclic) bond motifs is 1. The molecular weight excluding hydrogens is 318 g/mol. The van der Waals surface area contributed by atoms with Gasteiger partial charge in [-0.15, -0.1) is 0 Å². The Morgan fingerprint density at radius 3 is 2.65 bits per heavy atom. The minimum atomic E-state index is -0.880. The van der Waals surface area contributed by atoms with Crippen LogP contribution >= 0.6 is 15.9 Å². The largest absolute Gasteiger partial charge is 0.478 e. The highest BCUT2D eigenvalue weighted by atomic mass is 79.9. The molecule has 2 unspecified atom stereocenters. The quantitative estimate of drug-likeness (QED) is 0.880. The zero-order valence-electron chi connectivity index (χ0n) is 11.5. The van der Waals surface area contributed by atoms with Crippen LogP contribution in [0.3, 0.4) is 0 Å². The van der Waals surface area contributed by atoms with Crippen molar-refractivity contribution < 1.29 is 9.90 Å². The van der Waals surface area contributed by atoms with Crippen molar-refractivity contribution in [2.45, 2.75) is 32.1 Å². The zero-order valence-corrected chi connectivity index (χ0v) is 13.1. The fourth-order valence-electron chi connectivity index (χ4n) is 3.71. The van der Waals surface area contributed by atoms with E-state index in [0.717, 1.165) is 30.6 Å². The number of hydrogen-bond donors (Lipinski definition) is 1. The Labute approximate surface area is 128 Å². The van der Waals surface area contributed by atoms with E-state index < -0.39 is 5.97 Å². The van der Waals surface area contributed by atoms with Crippen LogP contribution in [0.2, 0.25) is 0 Å². The van der Waals surface area contributed by atoms with Crippen molar-refractivity contribution in [1.29, 1.82) is 0 Å². The van der Waals surface area contributed by atoms with Gasteiger partial charge in [0.1, 0.15) is 0 Å². The number of aromatic carboxylic acids is 1. The number of carboxylic acid groups (broad SMARTS) is 1. The number of rotatable bonds is 2. The number of piperidine rings is 1. The van der Waals surface area contributed by atoms with Crippen LogP contribution in [-0.2, 0) is 0 Å². The molecule has 20 heavy (non-hydrogen) atoms. The van der Waals surface area contributed by atoms with Gasteiger partial charge in [-0.25, -0.2) is 4.79 Å². The van der Waals surface area contributed by atoms with Crippen LogP contribution in [0.4, 0.5) is 5.69 Å². The van der Waals surface area contributed by atoms with Crippen molar-refractivity contribution in [1.82, 2.24) is 0 Å². The lowest BCUT2D eigenvalue weighted by Crippen LogP contribution is -2.41. The molecule has 1 aromatic carbocycles. The molecule has 2 fully saturated rings. The van der Waals surface area contributed by atoms with Crippen LogP contribution in [0.15, 0.2) is 22.7 Å². The summed E-state index contributed by atoms with van der Waals surface area (Å²) in [6.45, 7) is 2.23. The number of carboxylic acids is 1. The lowest BCUT2D eigenvalue weighted by molar-refractivity contribution is 0.0696. The molecule has 0 aromatic heterocycles. The second-order valence-corrected chi connectivity index (χ2v) is 6.86. The average Bonchev–Trinajstić information content (AvgIpc) is 2.46. The SMILES string of the molecule is O=C(O)c1ccc(N2CCC3CCCCC3C2)cc1Br. The maximum atomic E-state index is 11.1. The summed E-state index contributed by atoms with van der Waals surface area (Å²) in [6.07, 6.45) is 6.81. The summed E-state index contributed by atoms with van der Waals surface area (Å²) in [7, 11) is 0. The summed E-state index contributed by atoms with van der Waals surface area (Å²) in [5.74, 6) is 0.867. The first kappa shape index (κ1) is 13.9. The lowest BCUT2D eigenvalue weighted by atomic mass is 9.75. The smallest absolute Gasteiger partial charge is 0.336 e. The number of carbonyl (C=O) groups is 1. The van der Waals surface area contributed by atoms with E-state index in [1.807, 2.05) is 12.1 Å². The van der Waals surface area contributed by atoms with Crippen molar-refractivity contribution in [3.8, 4) is 0 Å².